The molecule has 0 aromatic heterocycles. The van der Waals surface area contributed by atoms with E-state index >= 15 is 4.79 Å². The fourth-order valence-corrected chi connectivity index (χ4v) is 10.3. The molecule has 2 aromatic carbocycles. The second kappa shape index (κ2) is 17.4. The Labute approximate surface area is 366 Å². The average Bonchev–Trinajstić information content (AvgIpc) is 3.22. The number of benzene rings is 2. The van der Waals surface area contributed by atoms with Crippen LogP contribution >= 0.6 is 11.6 Å². The predicted molar refractivity (Wildman–Crippen MR) is 222 cm³/mol. The highest BCUT2D eigenvalue weighted by Crippen LogP contribution is 2.64. The van der Waals surface area contributed by atoms with E-state index in [0.29, 0.717) is 11.1 Å². The Kier molecular flexibility index (Phi) is 13.3. The molecule has 1 heterocycles. The number of Topliss-reactive ketones (excluding diaryl/α,β-unsaturated/α-hetero) is 1. The molecular weight excluding hydrogens is 826 g/mol. The van der Waals surface area contributed by atoms with Crippen molar-refractivity contribution in [3.8, 4) is 0 Å². The average molecular weight is 884 g/mol. The molecule has 16 heteroatoms. The summed E-state index contributed by atoms with van der Waals surface area (Å²) in [5.74, 6) is -5.61. The monoisotopic (exact) mass is 883 g/mol. The normalized spacial score (nSPS) is 33.7. The van der Waals surface area contributed by atoms with Crippen molar-refractivity contribution in [2.75, 3.05) is 13.7 Å². The van der Waals surface area contributed by atoms with Gasteiger partial charge in [-0.05, 0) is 50.0 Å². The summed E-state index contributed by atoms with van der Waals surface area (Å²) in [5, 5.41) is 40.3. The van der Waals surface area contributed by atoms with Gasteiger partial charge in [0.2, 0.25) is 5.91 Å². The molecule has 1 unspecified atom stereocenters. The van der Waals surface area contributed by atoms with Crippen LogP contribution in [0.25, 0.3) is 0 Å². The van der Waals surface area contributed by atoms with Crippen molar-refractivity contribution in [1.29, 1.82) is 0 Å². The third-order valence-corrected chi connectivity index (χ3v) is 14.5. The number of ether oxygens (including phenoxy) is 6. The van der Waals surface area contributed by atoms with Gasteiger partial charge in [0.25, 0.3) is 0 Å². The van der Waals surface area contributed by atoms with Crippen LogP contribution in [0.3, 0.4) is 0 Å². The molecule has 4 aliphatic rings. The number of ketones is 1. The van der Waals surface area contributed by atoms with Crippen LogP contribution in [0.2, 0.25) is 0 Å². The number of esters is 3. The number of rotatable bonds is 13. The maximum Gasteiger partial charge on any atom is 0.338 e. The number of hydrogen-bond acceptors (Lipinski definition) is 14. The number of hydrogen-bond donors (Lipinski definition) is 4. The number of amides is 1. The Morgan fingerprint density at radius 3 is 2.16 bits per heavy atom. The number of aliphatic hydroxyl groups is 3. The Bertz CT molecular complexity index is 2080. The van der Waals surface area contributed by atoms with Crippen molar-refractivity contribution < 1.29 is 67.7 Å². The van der Waals surface area contributed by atoms with Crippen molar-refractivity contribution in [2.24, 2.45) is 16.7 Å². The molecule has 4 N–H and O–H groups in total. The zero-order chi connectivity index (χ0) is 45.7. The standard InChI is InChI=1S/C46H58ClNO14/c1-24-30(61-40(54)35(52)34(29-18-14-11-15-19-29)48-41(55)44(8,47)25(2)57-9)21-46(56)39(58-22-28-16-12-10-13-17-28)37-43(7,31(51)20-32-45(37,23-59-32)62-27(4)50)38(53)36(60-26(3)49)33(24)42(46,5)6/h10-19,25,30-32,34-37,39,51-52,56H,20-23H2,1-9H3,(H,48,55)/t25-,30+,31+,32?,34+,35-,36-,37+,39+,43-,44-,45+,46-/m1/s1. The zero-order valence-corrected chi connectivity index (χ0v) is 37.3. The summed E-state index contributed by atoms with van der Waals surface area (Å²) in [6.45, 7) is 11.4. The number of halogens is 1. The van der Waals surface area contributed by atoms with Gasteiger partial charge in [0.15, 0.2) is 23.6 Å². The van der Waals surface area contributed by atoms with Gasteiger partial charge in [-0.3, -0.25) is 19.2 Å². The first-order valence-electron chi connectivity index (χ1n) is 20.7. The fraction of sp³-hybridized carbons (Fsp3) is 0.587. The number of methoxy groups -OCH3 is 1. The molecule has 2 aromatic rings. The summed E-state index contributed by atoms with van der Waals surface area (Å²) in [6.07, 6.45) is -10.4. The van der Waals surface area contributed by atoms with Crippen LogP contribution in [0.15, 0.2) is 71.8 Å². The molecule has 1 aliphatic heterocycles. The second-order valence-electron chi connectivity index (χ2n) is 18.0. The van der Waals surface area contributed by atoms with E-state index < -0.39 is 118 Å². The van der Waals surface area contributed by atoms with Crippen LogP contribution in [0, 0.1) is 16.7 Å². The van der Waals surface area contributed by atoms with E-state index in [9.17, 15) is 34.5 Å². The number of fused-ring (bicyclic) bond motifs is 5. The lowest BCUT2D eigenvalue weighted by Gasteiger charge is -2.67. The molecule has 2 bridgehead atoms. The molecule has 1 saturated heterocycles. The van der Waals surface area contributed by atoms with Crippen LogP contribution in [0.1, 0.15) is 85.4 Å². The van der Waals surface area contributed by atoms with Crippen molar-refractivity contribution in [1.82, 2.24) is 5.32 Å². The van der Waals surface area contributed by atoms with E-state index in [1.54, 1.807) is 82.3 Å². The Morgan fingerprint density at radius 1 is 1.00 bits per heavy atom. The van der Waals surface area contributed by atoms with Crippen LogP contribution in [-0.2, 0) is 59.0 Å². The Morgan fingerprint density at radius 2 is 1.61 bits per heavy atom. The van der Waals surface area contributed by atoms with Crippen LogP contribution in [0.4, 0.5) is 0 Å². The minimum Gasteiger partial charge on any atom is -0.456 e. The van der Waals surface area contributed by atoms with Gasteiger partial charge >= 0.3 is 17.9 Å². The van der Waals surface area contributed by atoms with Crippen molar-refractivity contribution in [3.63, 3.8) is 0 Å². The summed E-state index contributed by atoms with van der Waals surface area (Å²) in [5.41, 5.74) is -5.86. The summed E-state index contributed by atoms with van der Waals surface area (Å²) in [4.78, 5) is 67.9. The number of nitrogens with one attached hydrogen (secondary N) is 1. The van der Waals surface area contributed by atoms with E-state index in [-0.39, 0.29) is 30.8 Å². The molecule has 338 valence electrons. The van der Waals surface area contributed by atoms with E-state index in [4.69, 9.17) is 40.0 Å². The maximum atomic E-state index is 15.5. The van der Waals surface area contributed by atoms with E-state index in [0.717, 1.165) is 6.92 Å². The van der Waals surface area contributed by atoms with Gasteiger partial charge in [-0.25, -0.2) is 4.79 Å². The molecule has 15 nitrogen and oxygen atoms in total. The van der Waals surface area contributed by atoms with Crippen LogP contribution < -0.4 is 5.32 Å². The summed E-state index contributed by atoms with van der Waals surface area (Å²) in [7, 11) is 1.39. The van der Waals surface area contributed by atoms with Gasteiger partial charge in [-0.2, -0.15) is 0 Å². The van der Waals surface area contributed by atoms with Gasteiger partial charge in [0.05, 0.1) is 43.0 Å². The lowest BCUT2D eigenvalue weighted by atomic mass is 9.44. The molecule has 6 rings (SSSR count). The van der Waals surface area contributed by atoms with Crippen LogP contribution in [0.5, 0.6) is 0 Å². The first-order valence-corrected chi connectivity index (χ1v) is 21.1. The Hall–Kier alpha value is -4.22. The number of carbonyl (C=O) groups is 5. The molecule has 1 amide bonds. The molecule has 2 saturated carbocycles. The first kappa shape index (κ1) is 47.3. The molecule has 13 atom stereocenters. The van der Waals surface area contributed by atoms with Gasteiger partial charge in [0.1, 0.15) is 22.7 Å². The SMILES string of the molecule is CO[C@H](C)[C@@](C)(Cl)C(=O)N[C@@H](c1ccccc1)[C@@H](O)C(=O)O[C@H]1C[C@@]2(O)[C@@H](OCc3ccccc3)[C@H]3[C@](C)(C(=O)[C@H](OC(C)=O)C(=C1C)C2(C)C)[C@@H](O)CC1OC[C@]13OC(C)=O. The highest BCUT2D eigenvalue weighted by atomic mass is 35.5. The lowest BCUT2D eigenvalue weighted by molar-refractivity contribution is -0.351. The molecule has 3 fully saturated rings. The molecule has 0 radical (unpaired) electrons. The largest absolute Gasteiger partial charge is 0.456 e. The van der Waals surface area contributed by atoms with Gasteiger partial charge < -0.3 is 49.1 Å². The lowest BCUT2D eigenvalue weighted by Crippen LogP contribution is -2.81. The first-order chi connectivity index (χ1) is 29.0. The molecule has 0 spiro atoms. The third kappa shape index (κ3) is 7.88. The van der Waals surface area contributed by atoms with Gasteiger partial charge in [0, 0.05) is 45.1 Å². The van der Waals surface area contributed by atoms with Gasteiger partial charge in [-0.15, -0.1) is 11.6 Å². The fourth-order valence-electron chi connectivity index (χ4n) is 10.1. The zero-order valence-electron chi connectivity index (χ0n) is 36.5. The smallest absolute Gasteiger partial charge is 0.338 e. The second-order valence-corrected chi connectivity index (χ2v) is 18.8. The molecule has 3 aliphatic carbocycles. The minimum absolute atomic E-state index is 0.0896. The predicted octanol–water partition coefficient (Wildman–Crippen LogP) is 3.81. The van der Waals surface area contributed by atoms with E-state index in [1.807, 2.05) is 6.07 Å². The quantitative estimate of drug-likeness (QED) is 0.0976. The number of carbonyl (C=O) groups excluding carboxylic acids is 5. The van der Waals surface area contributed by atoms with Crippen molar-refractivity contribution in [3.05, 3.63) is 82.9 Å². The van der Waals surface area contributed by atoms with E-state index in [1.165, 1.54) is 27.9 Å². The van der Waals surface area contributed by atoms with Crippen molar-refractivity contribution >= 4 is 41.2 Å². The topological polar surface area (TPSA) is 213 Å². The highest BCUT2D eigenvalue weighted by molar-refractivity contribution is 6.35. The molecular formula is C46H58ClNO14. The third-order valence-electron chi connectivity index (χ3n) is 14.0. The van der Waals surface area contributed by atoms with Gasteiger partial charge in [-0.1, -0.05) is 74.5 Å². The summed E-state index contributed by atoms with van der Waals surface area (Å²) < 4.78 is 36.2. The molecule has 62 heavy (non-hydrogen) atoms. The minimum atomic E-state index is -2.17. The number of aliphatic hydroxyl groups excluding tert-OH is 2. The highest BCUT2D eigenvalue weighted by Gasteiger charge is 2.77. The van der Waals surface area contributed by atoms with Crippen molar-refractivity contribution in [2.45, 2.75) is 140 Å². The summed E-state index contributed by atoms with van der Waals surface area (Å²) >= 11 is 6.63. The maximum absolute atomic E-state index is 15.5. The Balaban J connectivity index is 1.51. The van der Waals surface area contributed by atoms with Crippen LogP contribution in [-0.4, -0.2) is 117 Å². The number of alkyl halides is 1. The summed E-state index contributed by atoms with van der Waals surface area (Å²) in [6, 6.07) is 15.9. The van der Waals surface area contributed by atoms with E-state index in [2.05, 4.69) is 5.32 Å².